The van der Waals surface area contributed by atoms with Gasteiger partial charge < -0.3 is 14.2 Å². The Morgan fingerprint density at radius 2 is 1.96 bits per heavy atom. The van der Waals surface area contributed by atoms with Gasteiger partial charge in [-0.2, -0.15) is 0 Å². The van der Waals surface area contributed by atoms with E-state index in [2.05, 4.69) is 13.0 Å². The fourth-order valence-electron chi connectivity index (χ4n) is 2.67. The van der Waals surface area contributed by atoms with Crippen molar-refractivity contribution in [2.75, 3.05) is 20.0 Å². The lowest BCUT2D eigenvalue weighted by Gasteiger charge is -2.18. The number of ether oxygens (including phenoxy) is 3. The summed E-state index contributed by atoms with van der Waals surface area (Å²) in [6, 6.07) is 10.7. The molecular formula is C21H21ClF2O3. The van der Waals surface area contributed by atoms with Gasteiger partial charge in [-0.3, -0.25) is 0 Å². The summed E-state index contributed by atoms with van der Waals surface area (Å²) in [7, 11) is 0. The Morgan fingerprint density at radius 1 is 1.15 bits per heavy atom. The summed E-state index contributed by atoms with van der Waals surface area (Å²) in [6.45, 7) is 1.18. The van der Waals surface area contributed by atoms with Crippen molar-refractivity contribution in [3.63, 3.8) is 0 Å². The van der Waals surface area contributed by atoms with E-state index in [1.54, 1.807) is 18.2 Å². The van der Waals surface area contributed by atoms with Crippen LogP contribution in [0.3, 0.4) is 0 Å². The van der Waals surface area contributed by atoms with Crippen LogP contribution in [0, 0.1) is 0 Å². The molecule has 2 aromatic rings. The summed E-state index contributed by atoms with van der Waals surface area (Å²) in [4.78, 5) is 0. The Morgan fingerprint density at radius 3 is 2.67 bits per heavy atom. The SMILES string of the molecule is CCC1=Cc2ccc(OCc3ccc(OC(CF)CF)c(Cl)c3)cc2OC1. The van der Waals surface area contributed by atoms with E-state index in [0.717, 1.165) is 23.3 Å². The van der Waals surface area contributed by atoms with Crippen LogP contribution in [0.4, 0.5) is 8.78 Å². The van der Waals surface area contributed by atoms with Crippen molar-refractivity contribution in [3.05, 3.63) is 58.1 Å². The molecule has 0 spiro atoms. The molecule has 6 heteroatoms. The maximum Gasteiger partial charge on any atom is 0.155 e. The summed E-state index contributed by atoms with van der Waals surface area (Å²) in [5.41, 5.74) is 3.12. The van der Waals surface area contributed by atoms with Crippen LogP contribution in [0.1, 0.15) is 24.5 Å². The van der Waals surface area contributed by atoms with E-state index in [0.29, 0.717) is 19.0 Å². The van der Waals surface area contributed by atoms with Crippen LogP contribution in [-0.2, 0) is 6.61 Å². The summed E-state index contributed by atoms with van der Waals surface area (Å²) in [5.74, 6) is 1.74. The minimum atomic E-state index is -1.14. The number of hydrogen-bond donors (Lipinski definition) is 0. The van der Waals surface area contributed by atoms with Gasteiger partial charge >= 0.3 is 0 Å². The van der Waals surface area contributed by atoms with Crippen molar-refractivity contribution < 1.29 is 23.0 Å². The first-order valence-electron chi connectivity index (χ1n) is 8.79. The van der Waals surface area contributed by atoms with Gasteiger partial charge in [0.2, 0.25) is 0 Å². The molecule has 1 aliphatic heterocycles. The molecule has 1 heterocycles. The van der Waals surface area contributed by atoms with E-state index in [1.807, 2.05) is 18.2 Å². The van der Waals surface area contributed by atoms with Gasteiger partial charge in [-0.1, -0.05) is 24.6 Å². The van der Waals surface area contributed by atoms with Crippen LogP contribution < -0.4 is 14.2 Å². The van der Waals surface area contributed by atoms with E-state index in [4.69, 9.17) is 25.8 Å². The summed E-state index contributed by atoms with van der Waals surface area (Å²) >= 11 is 6.14. The second kappa shape index (κ2) is 9.09. The molecule has 0 N–H and O–H groups in total. The van der Waals surface area contributed by atoms with Crippen molar-refractivity contribution in [2.24, 2.45) is 0 Å². The minimum absolute atomic E-state index is 0.251. The van der Waals surface area contributed by atoms with Crippen LogP contribution in [0.15, 0.2) is 42.0 Å². The van der Waals surface area contributed by atoms with Crippen LogP contribution >= 0.6 is 11.6 Å². The molecule has 0 amide bonds. The lowest BCUT2D eigenvalue weighted by atomic mass is 10.1. The molecule has 2 aromatic carbocycles. The first-order chi connectivity index (χ1) is 13.1. The summed E-state index contributed by atoms with van der Waals surface area (Å²) in [5, 5.41) is 0.286. The Kier molecular flexibility index (Phi) is 6.56. The van der Waals surface area contributed by atoms with Crippen molar-refractivity contribution in [1.82, 2.24) is 0 Å². The molecule has 3 rings (SSSR count). The van der Waals surface area contributed by atoms with Gasteiger partial charge in [0.05, 0.1) is 5.02 Å². The third-order valence-electron chi connectivity index (χ3n) is 4.25. The first kappa shape index (κ1) is 19.5. The third-order valence-corrected chi connectivity index (χ3v) is 4.55. The maximum atomic E-state index is 12.6. The number of alkyl halides is 2. The average Bonchev–Trinajstić information content (AvgIpc) is 2.71. The second-order valence-corrected chi connectivity index (χ2v) is 6.65. The topological polar surface area (TPSA) is 27.7 Å². The summed E-state index contributed by atoms with van der Waals surface area (Å²) in [6.07, 6.45) is 1.97. The number of halogens is 3. The monoisotopic (exact) mass is 394 g/mol. The molecule has 0 unspecified atom stereocenters. The molecule has 3 nitrogen and oxygen atoms in total. The second-order valence-electron chi connectivity index (χ2n) is 6.25. The zero-order chi connectivity index (χ0) is 19.2. The standard InChI is InChI=1S/C21H21ClF2O3/c1-2-14-7-16-4-5-17(9-21(16)26-12-14)25-13-15-3-6-20(19(22)8-15)27-18(10-23)11-24/h3-9,18H,2,10-13H2,1H3. The number of hydrogen-bond acceptors (Lipinski definition) is 3. The van der Waals surface area contributed by atoms with Crippen molar-refractivity contribution >= 4 is 17.7 Å². The number of fused-ring (bicyclic) bond motifs is 1. The van der Waals surface area contributed by atoms with E-state index in [1.165, 1.54) is 5.57 Å². The Balaban J connectivity index is 1.64. The van der Waals surface area contributed by atoms with Gasteiger partial charge in [0.1, 0.15) is 43.8 Å². The lowest BCUT2D eigenvalue weighted by molar-refractivity contribution is 0.133. The largest absolute Gasteiger partial charge is 0.489 e. The predicted octanol–water partition coefficient (Wildman–Crippen LogP) is 5.79. The number of rotatable bonds is 8. The van der Waals surface area contributed by atoms with E-state index < -0.39 is 19.5 Å². The smallest absolute Gasteiger partial charge is 0.155 e. The average molecular weight is 395 g/mol. The molecule has 27 heavy (non-hydrogen) atoms. The highest BCUT2D eigenvalue weighted by Gasteiger charge is 2.14. The van der Waals surface area contributed by atoms with Crippen molar-refractivity contribution in [2.45, 2.75) is 26.1 Å². The Hall–Kier alpha value is -2.27. The predicted molar refractivity (Wildman–Crippen MR) is 102 cm³/mol. The fourth-order valence-corrected chi connectivity index (χ4v) is 2.91. The quantitative estimate of drug-likeness (QED) is 0.567. The van der Waals surface area contributed by atoms with Crippen LogP contribution in [0.2, 0.25) is 5.02 Å². The Bertz CT molecular complexity index is 819. The minimum Gasteiger partial charge on any atom is -0.489 e. The highest BCUT2D eigenvalue weighted by atomic mass is 35.5. The highest BCUT2D eigenvalue weighted by Crippen LogP contribution is 2.32. The number of benzene rings is 2. The molecule has 0 bridgehead atoms. The molecule has 0 saturated heterocycles. The zero-order valence-corrected chi connectivity index (χ0v) is 15.8. The zero-order valence-electron chi connectivity index (χ0n) is 15.0. The van der Waals surface area contributed by atoms with Gasteiger partial charge in [-0.05, 0) is 47.9 Å². The molecule has 0 aromatic heterocycles. The normalized spacial score (nSPS) is 13.0. The van der Waals surface area contributed by atoms with E-state index in [-0.39, 0.29) is 10.8 Å². The fraction of sp³-hybridized carbons (Fsp3) is 0.333. The Labute approximate surface area is 162 Å². The van der Waals surface area contributed by atoms with Gasteiger partial charge in [0.25, 0.3) is 0 Å². The van der Waals surface area contributed by atoms with Crippen LogP contribution in [0.5, 0.6) is 17.2 Å². The van der Waals surface area contributed by atoms with Crippen molar-refractivity contribution in [1.29, 1.82) is 0 Å². The third kappa shape index (κ3) is 4.92. The maximum absolute atomic E-state index is 12.6. The van der Waals surface area contributed by atoms with Gasteiger partial charge in [-0.25, -0.2) is 8.78 Å². The molecule has 0 atom stereocenters. The molecule has 1 aliphatic rings. The lowest BCUT2D eigenvalue weighted by Crippen LogP contribution is -2.21. The van der Waals surface area contributed by atoms with Crippen molar-refractivity contribution in [3.8, 4) is 17.2 Å². The van der Waals surface area contributed by atoms with Gasteiger partial charge in [0.15, 0.2) is 6.10 Å². The molecule has 0 saturated carbocycles. The van der Waals surface area contributed by atoms with Gasteiger partial charge in [-0.15, -0.1) is 0 Å². The highest BCUT2D eigenvalue weighted by molar-refractivity contribution is 6.32. The van der Waals surface area contributed by atoms with Gasteiger partial charge in [0, 0.05) is 11.6 Å². The molecule has 0 radical (unpaired) electrons. The van der Waals surface area contributed by atoms with Crippen LogP contribution in [-0.4, -0.2) is 26.1 Å². The first-order valence-corrected chi connectivity index (χ1v) is 9.16. The molecule has 144 valence electrons. The van der Waals surface area contributed by atoms with E-state index >= 15 is 0 Å². The summed E-state index contributed by atoms with van der Waals surface area (Å²) < 4.78 is 41.9. The molecule has 0 fully saturated rings. The van der Waals surface area contributed by atoms with Crippen LogP contribution in [0.25, 0.3) is 6.08 Å². The van der Waals surface area contributed by atoms with E-state index in [9.17, 15) is 8.78 Å². The molecule has 0 aliphatic carbocycles. The molecular weight excluding hydrogens is 374 g/mol.